The summed E-state index contributed by atoms with van der Waals surface area (Å²) >= 11 is 1.37. The minimum atomic E-state index is -0.150. The fourth-order valence-corrected chi connectivity index (χ4v) is 2.49. The van der Waals surface area contributed by atoms with Crippen LogP contribution in [0.1, 0.15) is 0 Å². The van der Waals surface area contributed by atoms with Gasteiger partial charge in [-0.05, 0) is 24.3 Å². The minimum Gasteiger partial charge on any atom is -0.318 e. The van der Waals surface area contributed by atoms with Gasteiger partial charge in [0.2, 0.25) is 0 Å². The molecule has 0 aliphatic rings. The molecule has 0 saturated carbocycles. The Bertz CT molecular complexity index is 737. The zero-order chi connectivity index (χ0) is 12.4. The molecule has 18 heavy (non-hydrogen) atoms. The molecule has 1 N–H and O–H groups in total. The van der Waals surface area contributed by atoms with Gasteiger partial charge in [-0.3, -0.25) is 4.79 Å². The van der Waals surface area contributed by atoms with E-state index in [0.717, 1.165) is 15.9 Å². The molecule has 0 spiro atoms. The Morgan fingerprint density at radius 2 is 1.67 bits per heavy atom. The molecule has 2 aromatic carbocycles. The predicted molar refractivity (Wildman–Crippen MR) is 72.9 cm³/mol. The Kier molecular flexibility index (Phi) is 2.86. The van der Waals surface area contributed by atoms with E-state index in [1.165, 1.54) is 11.8 Å². The van der Waals surface area contributed by atoms with Gasteiger partial charge in [-0.2, -0.15) is 0 Å². The lowest BCUT2D eigenvalue weighted by molar-refractivity contribution is 1.05. The number of aromatic amines is 1. The molecule has 3 nitrogen and oxygen atoms in total. The van der Waals surface area contributed by atoms with E-state index in [-0.39, 0.29) is 5.56 Å². The minimum absolute atomic E-state index is 0.150. The lowest BCUT2D eigenvalue weighted by Gasteiger charge is -2.02. The summed E-state index contributed by atoms with van der Waals surface area (Å²) in [5.74, 6) is 0. The monoisotopic (exact) mass is 254 g/mol. The predicted octanol–water partition coefficient (Wildman–Crippen LogP) is 3.07. The van der Waals surface area contributed by atoms with Gasteiger partial charge in [-0.25, -0.2) is 4.98 Å². The molecule has 0 aliphatic carbocycles. The molecule has 1 heterocycles. The molecular formula is C14H10N2OS. The molecule has 0 fully saturated rings. The van der Waals surface area contributed by atoms with Gasteiger partial charge in [0.1, 0.15) is 0 Å². The van der Waals surface area contributed by atoms with Crippen molar-refractivity contribution >= 4 is 22.8 Å². The summed E-state index contributed by atoms with van der Waals surface area (Å²) in [5, 5.41) is 0.472. The zero-order valence-corrected chi connectivity index (χ0v) is 10.3. The number of fused-ring (bicyclic) bond motifs is 1. The molecule has 0 unspecified atom stereocenters. The topological polar surface area (TPSA) is 45.8 Å². The maximum absolute atomic E-state index is 11.9. The lowest BCUT2D eigenvalue weighted by Crippen LogP contribution is -2.10. The number of nitrogens with one attached hydrogen (secondary N) is 1. The summed E-state index contributed by atoms with van der Waals surface area (Å²) in [4.78, 5) is 20.1. The van der Waals surface area contributed by atoms with Crippen LogP contribution >= 0.6 is 11.8 Å². The van der Waals surface area contributed by atoms with Crippen LogP contribution in [0.15, 0.2) is 69.3 Å². The van der Waals surface area contributed by atoms with Crippen LogP contribution in [-0.4, -0.2) is 9.97 Å². The van der Waals surface area contributed by atoms with Crippen molar-refractivity contribution in [3.05, 3.63) is 65.0 Å². The largest absolute Gasteiger partial charge is 0.318 e. The van der Waals surface area contributed by atoms with Crippen molar-refractivity contribution in [2.24, 2.45) is 0 Å². The molecular weight excluding hydrogens is 244 g/mol. The quantitative estimate of drug-likeness (QED) is 0.764. The first-order valence-corrected chi connectivity index (χ1v) is 6.36. The van der Waals surface area contributed by atoms with Gasteiger partial charge in [0.25, 0.3) is 5.56 Å². The van der Waals surface area contributed by atoms with Crippen LogP contribution in [0.5, 0.6) is 0 Å². The van der Waals surface area contributed by atoms with Crippen LogP contribution < -0.4 is 5.56 Å². The molecule has 4 heteroatoms. The zero-order valence-electron chi connectivity index (χ0n) is 9.46. The molecule has 0 atom stereocenters. The smallest absolute Gasteiger partial charge is 0.281 e. The second-order valence-electron chi connectivity index (χ2n) is 3.80. The fourth-order valence-electron chi connectivity index (χ4n) is 1.68. The highest BCUT2D eigenvalue weighted by atomic mass is 32.2. The number of nitrogens with zero attached hydrogens (tertiary/aromatic N) is 1. The van der Waals surface area contributed by atoms with E-state index in [0.29, 0.717) is 5.03 Å². The number of hydrogen-bond acceptors (Lipinski definition) is 3. The van der Waals surface area contributed by atoms with Crippen molar-refractivity contribution in [2.45, 2.75) is 9.92 Å². The van der Waals surface area contributed by atoms with E-state index >= 15 is 0 Å². The van der Waals surface area contributed by atoms with Crippen molar-refractivity contribution in [1.29, 1.82) is 0 Å². The molecule has 3 rings (SSSR count). The van der Waals surface area contributed by atoms with Gasteiger partial charge in [-0.1, -0.05) is 42.1 Å². The van der Waals surface area contributed by atoms with E-state index in [1.54, 1.807) is 0 Å². The lowest BCUT2D eigenvalue weighted by atomic mass is 10.3. The summed E-state index contributed by atoms with van der Waals surface area (Å²) in [6.07, 6.45) is 0. The number of benzene rings is 2. The van der Waals surface area contributed by atoms with Crippen molar-refractivity contribution in [3.8, 4) is 0 Å². The van der Waals surface area contributed by atoms with Gasteiger partial charge >= 0.3 is 0 Å². The van der Waals surface area contributed by atoms with Gasteiger partial charge in [0.15, 0.2) is 5.03 Å². The summed E-state index contributed by atoms with van der Waals surface area (Å²) in [6, 6.07) is 17.3. The summed E-state index contributed by atoms with van der Waals surface area (Å²) in [5.41, 5.74) is 1.41. The van der Waals surface area contributed by atoms with Crippen LogP contribution in [0.4, 0.5) is 0 Å². The van der Waals surface area contributed by atoms with Crippen molar-refractivity contribution in [1.82, 2.24) is 9.97 Å². The standard InChI is InChI=1S/C14H10N2OS/c17-13-14(18-10-6-2-1-3-7-10)16-12-9-5-4-8-11(12)15-13/h1-9H,(H,15,17). The van der Waals surface area contributed by atoms with Crippen molar-refractivity contribution in [2.75, 3.05) is 0 Å². The van der Waals surface area contributed by atoms with Crippen molar-refractivity contribution < 1.29 is 0 Å². The molecule has 88 valence electrons. The van der Waals surface area contributed by atoms with Gasteiger partial charge < -0.3 is 4.98 Å². The van der Waals surface area contributed by atoms with E-state index in [1.807, 2.05) is 54.6 Å². The first kappa shape index (κ1) is 11.0. The Hall–Kier alpha value is -2.07. The Morgan fingerprint density at radius 3 is 2.50 bits per heavy atom. The summed E-state index contributed by atoms with van der Waals surface area (Å²) in [6.45, 7) is 0. The van der Waals surface area contributed by atoms with Crippen LogP contribution in [0.25, 0.3) is 11.0 Å². The molecule has 0 aliphatic heterocycles. The van der Waals surface area contributed by atoms with Crippen LogP contribution in [-0.2, 0) is 0 Å². The second kappa shape index (κ2) is 4.66. The van der Waals surface area contributed by atoms with E-state index < -0.39 is 0 Å². The van der Waals surface area contributed by atoms with E-state index in [2.05, 4.69) is 9.97 Å². The first-order valence-electron chi connectivity index (χ1n) is 5.55. The molecule has 0 saturated heterocycles. The van der Waals surface area contributed by atoms with Gasteiger partial charge in [0, 0.05) is 4.90 Å². The third-order valence-electron chi connectivity index (χ3n) is 2.53. The number of para-hydroxylation sites is 2. The number of hydrogen-bond donors (Lipinski definition) is 1. The summed E-state index contributed by atoms with van der Waals surface area (Å²) in [7, 11) is 0. The Labute approximate surface area is 108 Å². The van der Waals surface area contributed by atoms with Crippen LogP contribution in [0.2, 0.25) is 0 Å². The normalized spacial score (nSPS) is 10.7. The Morgan fingerprint density at radius 1 is 0.944 bits per heavy atom. The second-order valence-corrected chi connectivity index (χ2v) is 4.87. The molecule has 1 aromatic heterocycles. The molecule has 3 aromatic rings. The van der Waals surface area contributed by atoms with Gasteiger partial charge in [0.05, 0.1) is 11.0 Å². The number of aromatic nitrogens is 2. The average molecular weight is 254 g/mol. The van der Waals surface area contributed by atoms with Crippen LogP contribution in [0, 0.1) is 0 Å². The Balaban J connectivity index is 2.07. The number of rotatable bonds is 2. The van der Waals surface area contributed by atoms with Crippen LogP contribution in [0.3, 0.4) is 0 Å². The number of H-pyrrole nitrogens is 1. The average Bonchev–Trinajstić information content (AvgIpc) is 2.41. The fraction of sp³-hybridized carbons (Fsp3) is 0. The van der Waals surface area contributed by atoms with Crippen molar-refractivity contribution in [3.63, 3.8) is 0 Å². The third-order valence-corrected chi connectivity index (χ3v) is 3.50. The maximum atomic E-state index is 11.9. The first-order chi connectivity index (χ1) is 8.83. The highest BCUT2D eigenvalue weighted by Gasteiger charge is 2.05. The third kappa shape index (κ3) is 2.15. The summed E-state index contributed by atoms with van der Waals surface area (Å²) < 4.78 is 0. The SMILES string of the molecule is O=c1[nH]c2ccccc2nc1Sc1ccccc1. The van der Waals surface area contributed by atoms with E-state index in [9.17, 15) is 4.79 Å². The maximum Gasteiger partial charge on any atom is 0.281 e. The highest BCUT2D eigenvalue weighted by molar-refractivity contribution is 7.99. The molecule has 0 radical (unpaired) electrons. The molecule has 0 amide bonds. The van der Waals surface area contributed by atoms with Gasteiger partial charge in [-0.15, -0.1) is 0 Å². The highest BCUT2D eigenvalue weighted by Crippen LogP contribution is 2.23. The van der Waals surface area contributed by atoms with E-state index in [4.69, 9.17) is 0 Å². The molecule has 0 bridgehead atoms.